The van der Waals surface area contributed by atoms with Crippen molar-refractivity contribution in [1.82, 2.24) is 14.8 Å². The summed E-state index contributed by atoms with van der Waals surface area (Å²) < 4.78 is 28.8. The summed E-state index contributed by atoms with van der Waals surface area (Å²) in [4.78, 5) is 0. The molecule has 0 fully saturated rings. The first-order valence-corrected chi connectivity index (χ1v) is 6.63. The number of hydrogen-bond acceptors (Lipinski definition) is 3. The van der Waals surface area contributed by atoms with Crippen molar-refractivity contribution in [2.45, 2.75) is 25.8 Å². The summed E-state index contributed by atoms with van der Waals surface area (Å²) in [7, 11) is 0. The molecular weight excluding hydrogens is 264 g/mol. The molecule has 1 aromatic heterocycles. The maximum absolute atomic E-state index is 13.7. The van der Waals surface area contributed by atoms with Crippen LogP contribution in [0.15, 0.2) is 18.2 Å². The molecule has 106 valence electrons. The van der Waals surface area contributed by atoms with E-state index in [9.17, 15) is 13.9 Å². The molecule has 2 aromatic rings. The minimum atomic E-state index is -0.853. The first kappa shape index (κ1) is 13.2. The van der Waals surface area contributed by atoms with Gasteiger partial charge in [-0.3, -0.25) is 0 Å². The molecule has 1 unspecified atom stereocenters. The smallest absolute Gasteiger partial charge is 0.162 e. The van der Waals surface area contributed by atoms with Crippen LogP contribution in [0.4, 0.5) is 8.78 Å². The third-order valence-electron chi connectivity index (χ3n) is 3.76. The van der Waals surface area contributed by atoms with E-state index in [2.05, 4.69) is 10.2 Å². The average Bonchev–Trinajstić information content (AvgIpc) is 2.86. The molecule has 0 saturated carbocycles. The molecule has 1 atom stereocenters. The summed E-state index contributed by atoms with van der Waals surface area (Å²) in [6, 6.07) is 4.13. The zero-order valence-electron chi connectivity index (χ0n) is 10.9. The molecule has 1 N–H and O–H groups in total. The number of halogens is 2. The standard InChI is InChI=1S/C14H15F2N3O/c15-11-3-1-2-10(14(11)16)6-13-18-17-12-5-4-9(8-20)7-19(12)13/h1-3,9,20H,4-8H2. The average molecular weight is 279 g/mol. The SMILES string of the molecule is OCC1CCc2nnc(Cc3cccc(F)c3F)n2C1. The highest BCUT2D eigenvalue weighted by atomic mass is 19.2. The van der Waals surface area contributed by atoms with Crippen LogP contribution in [0.5, 0.6) is 0 Å². The normalized spacial score (nSPS) is 18.1. The van der Waals surface area contributed by atoms with E-state index in [1.54, 1.807) is 6.07 Å². The molecule has 4 nitrogen and oxygen atoms in total. The highest BCUT2D eigenvalue weighted by Crippen LogP contribution is 2.22. The molecule has 1 aromatic carbocycles. The van der Waals surface area contributed by atoms with E-state index in [-0.39, 0.29) is 24.5 Å². The summed E-state index contributed by atoms with van der Waals surface area (Å²) in [5.74, 6) is -0.0488. The zero-order valence-corrected chi connectivity index (χ0v) is 10.9. The first-order valence-electron chi connectivity index (χ1n) is 6.63. The van der Waals surface area contributed by atoms with E-state index < -0.39 is 11.6 Å². The lowest BCUT2D eigenvalue weighted by molar-refractivity contribution is 0.189. The Morgan fingerprint density at radius 1 is 1.30 bits per heavy atom. The van der Waals surface area contributed by atoms with Crippen molar-refractivity contribution >= 4 is 0 Å². The van der Waals surface area contributed by atoms with Crippen molar-refractivity contribution in [2.75, 3.05) is 6.61 Å². The second-order valence-corrected chi connectivity index (χ2v) is 5.12. The summed E-state index contributed by atoms with van der Waals surface area (Å²) in [5, 5.41) is 17.4. The quantitative estimate of drug-likeness (QED) is 0.930. The van der Waals surface area contributed by atoms with Crippen molar-refractivity contribution in [3.8, 4) is 0 Å². The molecule has 20 heavy (non-hydrogen) atoms. The van der Waals surface area contributed by atoms with Gasteiger partial charge in [0.1, 0.15) is 11.6 Å². The summed E-state index contributed by atoms with van der Waals surface area (Å²) in [6.45, 7) is 0.747. The topological polar surface area (TPSA) is 50.9 Å². The van der Waals surface area contributed by atoms with E-state index in [1.807, 2.05) is 4.57 Å². The van der Waals surface area contributed by atoms with Gasteiger partial charge < -0.3 is 9.67 Å². The van der Waals surface area contributed by atoms with Gasteiger partial charge in [-0.1, -0.05) is 12.1 Å². The Hall–Kier alpha value is -1.82. The molecule has 0 saturated heterocycles. The van der Waals surface area contributed by atoms with E-state index in [0.29, 0.717) is 12.4 Å². The lowest BCUT2D eigenvalue weighted by atomic mass is 10.00. The Balaban J connectivity index is 1.89. The summed E-state index contributed by atoms with van der Waals surface area (Å²) >= 11 is 0. The Morgan fingerprint density at radius 2 is 2.15 bits per heavy atom. The lowest BCUT2D eigenvalue weighted by Gasteiger charge is -2.22. The second-order valence-electron chi connectivity index (χ2n) is 5.12. The molecule has 0 spiro atoms. The lowest BCUT2D eigenvalue weighted by Crippen LogP contribution is -2.24. The molecule has 0 radical (unpaired) electrons. The Morgan fingerprint density at radius 3 is 2.95 bits per heavy atom. The van der Waals surface area contributed by atoms with Gasteiger partial charge in [-0.2, -0.15) is 0 Å². The number of aliphatic hydroxyl groups is 1. The molecule has 1 aliphatic heterocycles. The Labute approximate surface area is 115 Å². The van der Waals surface area contributed by atoms with Gasteiger partial charge in [-0.15, -0.1) is 10.2 Å². The molecule has 3 rings (SSSR count). The molecule has 2 heterocycles. The fourth-order valence-corrected chi connectivity index (χ4v) is 2.59. The maximum Gasteiger partial charge on any atom is 0.162 e. The number of nitrogens with zero attached hydrogens (tertiary/aromatic N) is 3. The van der Waals surface area contributed by atoms with Crippen LogP contribution in [0.3, 0.4) is 0 Å². The van der Waals surface area contributed by atoms with Gasteiger partial charge in [-0.05, 0) is 18.1 Å². The summed E-state index contributed by atoms with van der Waals surface area (Å²) in [6.07, 6.45) is 1.83. The highest BCUT2D eigenvalue weighted by Gasteiger charge is 2.23. The van der Waals surface area contributed by atoms with Crippen molar-refractivity contribution in [2.24, 2.45) is 5.92 Å². The minimum Gasteiger partial charge on any atom is -0.396 e. The van der Waals surface area contributed by atoms with Crippen LogP contribution < -0.4 is 0 Å². The van der Waals surface area contributed by atoms with Gasteiger partial charge >= 0.3 is 0 Å². The fraction of sp³-hybridized carbons (Fsp3) is 0.429. The van der Waals surface area contributed by atoms with Crippen LogP contribution in [-0.4, -0.2) is 26.5 Å². The fourth-order valence-electron chi connectivity index (χ4n) is 2.59. The zero-order chi connectivity index (χ0) is 14.1. The van der Waals surface area contributed by atoms with Crippen molar-refractivity contribution in [1.29, 1.82) is 0 Å². The van der Waals surface area contributed by atoms with Crippen LogP contribution in [0.25, 0.3) is 0 Å². The van der Waals surface area contributed by atoms with Gasteiger partial charge in [0.25, 0.3) is 0 Å². The largest absolute Gasteiger partial charge is 0.396 e. The van der Waals surface area contributed by atoms with Crippen molar-refractivity contribution < 1.29 is 13.9 Å². The van der Waals surface area contributed by atoms with E-state index in [0.717, 1.165) is 24.7 Å². The molecule has 0 aliphatic carbocycles. The van der Waals surface area contributed by atoms with Crippen LogP contribution in [-0.2, 0) is 19.4 Å². The Bertz CT molecular complexity index is 627. The molecule has 0 amide bonds. The number of aryl methyl sites for hydroxylation is 1. The minimum absolute atomic E-state index is 0.116. The monoisotopic (exact) mass is 279 g/mol. The van der Waals surface area contributed by atoms with E-state index >= 15 is 0 Å². The number of aromatic nitrogens is 3. The number of fused-ring (bicyclic) bond motifs is 1. The number of rotatable bonds is 3. The van der Waals surface area contributed by atoms with Crippen LogP contribution in [0.1, 0.15) is 23.6 Å². The van der Waals surface area contributed by atoms with Gasteiger partial charge in [0.15, 0.2) is 11.6 Å². The molecular formula is C14H15F2N3O. The predicted molar refractivity (Wildman–Crippen MR) is 68.1 cm³/mol. The number of hydrogen-bond donors (Lipinski definition) is 1. The first-order chi connectivity index (χ1) is 9.69. The van der Waals surface area contributed by atoms with Gasteiger partial charge in [0.05, 0.1) is 0 Å². The van der Waals surface area contributed by atoms with Crippen molar-refractivity contribution in [3.05, 3.63) is 47.0 Å². The second kappa shape index (κ2) is 5.28. The molecule has 0 bridgehead atoms. The summed E-state index contributed by atoms with van der Waals surface area (Å²) in [5.41, 5.74) is 0.270. The van der Waals surface area contributed by atoms with Crippen molar-refractivity contribution in [3.63, 3.8) is 0 Å². The highest BCUT2D eigenvalue weighted by molar-refractivity contribution is 5.23. The third kappa shape index (κ3) is 2.31. The van der Waals surface area contributed by atoms with E-state index in [4.69, 9.17) is 0 Å². The van der Waals surface area contributed by atoms with Crippen LogP contribution >= 0.6 is 0 Å². The third-order valence-corrected chi connectivity index (χ3v) is 3.76. The molecule has 6 heteroatoms. The molecule has 1 aliphatic rings. The number of benzene rings is 1. The number of aliphatic hydroxyl groups excluding tert-OH is 1. The predicted octanol–water partition coefficient (Wildman–Crippen LogP) is 1.70. The van der Waals surface area contributed by atoms with Gasteiger partial charge in [-0.25, -0.2) is 8.78 Å². The van der Waals surface area contributed by atoms with Gasteiger partial charge in [0.2, 0.25) is 0 Å². The van der Waals surface area contributed by atoms with Crippen LogP contribution in [0.2, 0.25) is 0 Å². The maximum atomic E-state index is 13.7. The van der Waals surface area contributed by atoms with E-state index in [1.165, 1.54) is 6.07 Å². The Kier molecular flexibility index (Phi) is 3.48. The van der Waals surface area contributed by atoms with Gasteiger partial charge in [0, 0.05) is 31.9 Å². The van der Waals surface area contributed by atoms with Crippen LogP contribution in [0, 0.1) is 17.6 Å².